The molecular formula is C21H26N2O3. The summed E-state index contributed by atoms with van der Waals surface area (Å²) in [4.78, 5) is 13.9. The molecule has 1 aliphatic heterocycles. The maximum Gasteiger partial charge on any atom is 0.232 e. The maximum atomic E-state index is 11.8. The predicted molar refractivity (Wildman–Crippen MR) is 101 cm³/mol. The molecule has 0 spiro atoms. The molecule has 1 saturated heterocycles. The highest BCUT2D eigenvalue weighted by Gasteiger charge is 2.46. The summed E-state index contributed by atoms with van der Waals surface area (Å²) >= 11 is 0. The van der Waals surface area contributed by atoms with Gasteiger partial charge in [-0.05, 0) is 24.0 Å². The molecule has 0 aromatic heterocycles. The van der Waals surface area contributed by atoms with Gasteiger partial charge in [-0.15, -0.1) is 0 Å². The van der Waals surface area contributed by atoms with Gasteiger partial charge in [0.2, 0.25) is 6.04 Å². The Bertz CT molecular complexity index is 708. The number of benzene rings is 2. The molecule has 5 nitrogen and oxygen atoms in total. The van der Waals surface area contributed by atoms with E-state index in [0.717, 1.165) is 24.0 Å². The summed E-state index contributed by atoms with van der Waals surface area (Å²) in [7, 11) is 0. The lowest BCUT2D eigenvalue weighted by atomic mass is 9.83. The molecule has 0 radical (unpaired) electrons. The van der Waals surface area contributed by atoms with Crippen LogP contribution in [0.5, 0.6) is 0 Å². The van der Waals surface area contributed by atoms with Gasteiger partial charge in [0.05, 0.1) is 12.6 Å². The van der Waals surface area contributed by atoms with Crippen LogP contribution in [-0.4, -0.2) is 33.6 Å². The molecule has 1 heterocycles. The van der Waals surface area contributed by atoms with E-state index in [1.54, 1.807) is 0 Å². The summed E-state index contributed by atoms with van der Waals surface area (Å²) in [6, 6.07) is 18.5. The van der Waals surface area contributed by atoms with Crippen LogP contribution in [0, 0.1) is 10.1 Å². The molecule has 1 fully saturated rings. The molecule has 1 unspecified atom stereocenters. The summed E-state index contributed by atoms with van der Waals surface area (Å²) in [5.41, 5.74) is 1.94. The third-order valence-electron chi connectivity index (χ3n) is 5.50. The summed E-state index contributed by atoms with van der Waals surface area (Å²) < 4.78 is 0. The normalized spacial score (nSPS) is 24.9. The van der Waals surface area contributed by atoms with Crippen LogP contribution in [0.1, 0.15) is 49.4 Å². The maximum absolute atomic E-state index is 11.8. The zero-order valence-corrected chi connectivity index (χ0v) is 15.1. The van der Waals surface area contributed by atoms with Crippen LogP contribution in [0.2, 0.25) is 0 Å². The van der Waals surface area contributed by atoms with Crippen molar-refractivity contribution in [1.29, 1.82) is 0 Å². The smallest absolute Gasteiger partial charge is 0.232 e. The van der Waals surface area contributed by atoms with Gasteiger partial charge >= 0.3 is 0 Å². The molecule has 2 aromatic rings. The highest BCUT2D eigenvalue weighted by Crippen LogP contribution is 2.42. The minimum absolute atomic E-state index is 0.0612. The lowest BCUT2D eigenvalue weighted by molar-refractivity contribution is -0.537. The van der Waals surface area contributed by atoms with Crippen molar-refractivity contribution in [3.63, 3.8) is 0 Å². The van der Waals surface area contributed by atoms with E-state index in [-0.39, 0.29) is 29.7 Å². The second-order valence-corrected chi connectivity index (χ2v) is 6.90. The van der Waals surface area contributed by atoms with E-state index < -0.39 is 6.04 Å². The van der Waals surface area contributed by atoms with Crippen molar-refractivity contribution in [1.82, 2.24) is 4.90 Å². The van der Waals surface area contributed by atoms with Crippen molar-refractivity contribution >= 4 is 0 Å². The van der Waals surface area contributed by atoms with Gasteiger partial charge < -0.3 is 5.11 Å². The number of piperidine rings is 1. The minimum atomic E-state index is -0.669. The van der Waals surface area contributed by atoms with E-state index >= 15 is 0 Å². The number of nitrogens with zero attached hydrogens (tertiary/aromatic N) is 2. The average Bonchev–Trinajstić information content (AvgIpc) is 2.69. The molecular weight excluding hydrogens is 328 g/mol. The Labute approximate surface area is 154 Å². The summed E-state index contributed by atoms with van der Waals surface area (Å²) in [6.07, 6.45) is 2.24. The largest absolute Gasteiger partial charge is 0.394 e. The molecule has 0 bridgehead atoms. The summed E-state index contributed by atoms with van der Waals surface area (Å²) in [5, 5.41) is 22.1. The van der Waals surface area contributed by atoms with E-state index in [9.17, 15) is 15.2 Å². The molecule has 1 N–H and O–H groups in total. The van der Waals surface area contributed by atoms with Crippen molar-refractivity contribution in [2.24, 2.45) is 0 Å². The molecule has 26 heavy (non-hydrogen) atoms. The van der Waals surface area contributed by atoms with Crippen molar-refractivity contribution in [3.8, 4) is 0 Å². The average molecular weight is 354 g/mol. The predicted octanol–water partition coefficient (Wildman–Crippen LogP) is 3.98. The van der Waals surface area contributed by atoms with E-state index in [4.69, 9.17) is 0 Å². The molecule has 1 aliphatic rings. The van der Waals surface area contributed by atoms with Crippen LogP contribution in [0.3, 0.4) is 0 Å². The molecule has 3 rings (SSSR count). The Morgan fingerprint density at radius 2 is 1.73 bits per heavy atom. The number of likely N-dealkylation sites (tertiary alicyclic amines) is 1. The van der Waals surface area contributed by atoms with Crippen LogP contribution in [0.4, 0.5) is 0 Å². The molecule has 5 heteroatoms. The van der Waals surface area contributed by atoms with Gasteiger partial charge in [0, 0.05) is 17.4 Å². The number of aliphatic hydroxyl groups excluding tert-OH is 1. The van der Waals surface area contributed by atoms with Crippen LogP contribution >= 0.6 is 0 Å². The second kappa shape index (κ2) is 8.43. The fourth-order valence-electron chi connectivity index (χ4n) is 4.27. The molecule has 0 saturated carbocycles. The van der Waals surface area contributed by atoms with Gasteiger partial charge in [-0.25, -0.2) is 0 Å². The first-order valence-corrected chi connectivity index (χ1v) is 9.29. The quantitative estimate of drug-likeness (QED) is 0.629. The number of nitro groups is 1. The Morgan fingerprint density at radius 1 is 1.12 bits per heavy atom. The van der Waals surface area contributed by atoms with Crippen LogP contribution < -0.4 is 0 Å². The third-order valence-corrected chi connectivity index (χ3v) is 5.50. The summed E-state index contributed by atoms with van der Waals surface area (Å²) in [5.74, 6) is 0. The summed E-state index contributed by atoms with van der Waals surface area (Å²) in [6.45, 7) is 2.06. The van der Waals surface area contributed by atoms with Crippen molar-refractivity contribution in [2.45, 2.75) is 50.4 Å². The molecule has 138 valence electrons. The minimum Gasteiger partial charge on any atom is -0.394 e. The van der Waals surface area contributed by atoms with Gasteiger partial charge in [-0.3, -0.25) is 15.0 Å². The number of hydrogen-bond donors (Lipinski definition) is 1. The molecule has 0 amide bonds. The second-order valence-electron chi connectivity index (χ2n) is 6.90. The van der Waals surface area contributed by atoms with E-state index in [1.165, 1.54) is 0 Å². The fourth-order valence-corrected chi connectivity index (χ4v) is 4.27. The zero-order valence-electron chi connectivity index (χ0n) is 15.1. The van der Waals surface area contributed by atoms with E-state index in [1.807, 2.05) is 60.7 Å². The Balaban J connectivity index is 2.09. The Hall–Kier alpha value is -2.24. The van der Waals surface area contributed by atoms with Crippen molar-refractivity contribution in [3.05, 3.63) is 81.9 Å². The monoisotopic (exact) mass is 354 g/mol. The van der Waals surface area contributed by atoms with Crippen molar-refractivity contribution in [2.75, 3.05) is 6.61 Å². The van der Waals surface area contributed by atoms with E-state index in [0.29, 0.717) is 6.42 Å². The number of aliphatic hydroxyl groups is 1. The molecule has 4 atom stereocenters. The van der Waals surface area contributed by atoms with Crippen LogP contribution in [0.25, 0.3) is 0 Å². The number of rotatable bonds is 6. The standard InChI is InChI=1S/C21H26N2O3/c1-2-18-13-14-19(23(25)26)21(17-11-7-4-8-12-17)22(18)20(15-24)16-9-5-3-6-10-16/h3-12,18-21,24H,2,13-15H2,1H3/t18-,19-,20?,21-/m0/s1. The van der Waals surface area contributed by atoms with Crippen molar-refractivity contribution < 1.29 is 10.0 Å². The van der Waals surface area contributed by atoms with Gasteiger partial charge in [-0.1, -0.05) is 67.6 Å². The van der Waals surface area contributed by atoms with Gasteiger partial charge in [0.25, 0.3) is 0 Å². The van der Waals surface area contributed by atoms with Gasteiger partial charge in [0.1, 0.15) is 6.04 Å². The SMILES string of the molecule is CC[C@H]1CC[C@H]([N+](=O)[O-])[C@H](c2ccccc2)N1C(CO)c1ccccc1. The molecule has 0 aliphatic carbocycles. The lowest BCUT2D eigenvalue weighted by Gasteiger charge is -2.47. The zero-order chi connectivity index (χ0) is 18.5. The Morgan fingerprint density at radius 3 is 2.27 bits per heavy atom. The first-order chi connectivity index (χ1) is 12.7. The Kier molecular flexibility index (Phi) is 6.01. The van der Waals surface area contributed by atoms with Crippen LogP contribution in [-0.2, 0) is 0 Å². The fraction of sp³-hybridized carbons (Fsp3) is 0.429. The van der Waals surface area contributed by atoms with E-state index in [2.05, 4.69) is 11.8 Å². The van der Waals surface area contributed by atoms with Crippen LogP contribution in [0.15, 0.2) is 60.7 Å². The highest BCUT2D eigenvalue weighted by atomic mass is 16.6. The highest BCUT2D eigenvalue weighted by molar-refractivity contribution is 5.25. The van der Waals surface area contributed by atoms with Gasteiger partial charge in [-0.2, -0.15) is 0 Å². The van der Waals surface area contributed by atoms with Gasteiger partial charge in [0.15, 0.2) is 0 Å². The first-order valence-electron chi connectivity index (χ1n) is 9.29. The lowest BCUT2D eigenvalue weighted by Crippen LogP contribution is -2.52. The first kappa shape index (κ1) is 18.5. The topological polar surface area (TPSA) is 66.6 Å². The third kappa shape index (κ3) is 3.64. The molecule has 2 aromatic carbocycles. The number of hydrogen-bond acceptors (Lipinski definition) is 4.